The van der Waals surface area contributed by atoms with Crippen LogP contribution in [0.2, 0.25) is 0 Å². The molecule has 0 radical (unpaired) electrons. The van der Waals surface area contributed by atoms with E-state index in [9.17, 15) is 13.6 Å². The highest BCUT2D eigenvalue weighted by atomic mass is 19.1. The van der Waals surface area contributed by atoms with Gasteiger partial charge in [-0.15, -0.1) is 0 Å². The van der Waals surface area contributed by atoms with Crippen LogP contribution in [0.25, 0.3) is 11.3 Å². The molecule has 3 heterocycles. The van der Waals surface area contributed by atoms with Gasteiger partial charge in [0, 0.05) is 19.3 Å². The highest BCUT2D eigenvalue weighted by Gasteiger charge is 2.30. The summed E-state index contributed by atoms with van der Waals surface area (Å²) in [4.78, 5) is 23.0. The van der Waals surface area contributed by atoms with E-state index >= 15 is 0 Å². The summed E-state index contributed by atoms with van der Waals surface area (Å²) in [5.41, 5.74) is 2.61. The molecule has 0 saturated carbocycles. The first-order valence-corrected chi connectivity index (χ1v) is 9.41. The average molecular weight is 398 g/mol. The normalized spacial score (nSPS) is 16.4. The third-order valence-electron chi connectivity index (χ3n) is 5.24. The van der Waals surface area contributed by atoms with Crippen LogP contribution in [0.5, 0.6) is 0 Å². The van der Waals surface area contributed by atoms with E-state index in [-0.39, 0.29) is 5.92 Å². The first-order chi connectivity index (χ1) is 13.9. The molecule has 1 atom stereocenters. The van der Waals surface area contributed by atoms with Crippen LogP contribution >= 0.6 is 0 Å². The van der Waals surface area contributed by atoms with E-state index in [1.807, 2.05) is 13.8 Å². The van der Waals surface area contributed by atoms with Crippen molar-refractivity contribution in [2.24, 2.45) is 5.92 Å². The standard InChI is InChI=1S/C21H20F2N4O2/c1-12-19(13(2)29-26-12)18-10-24-15(9-25-18)8-14-6-7-27(11-14)21(28)20-16(22)4-3-5-17(20)23/h3-5,9-10,14H,6-8,11H2,1-2H3. The Morgan fingerprint density at radius 2 is 1.97 bits per heavy atom. The fourth-order valence-electron chi connectivity index (χ4n) is 3.78. The number of hydrogen-bond donors (Lipinski definition) is 0. The fourth-order valence-corrected chi connectivity index (χ4v) is 3.78. The van der Waals surface area contributed by atoms with Crippen molar-refractivity contribution in [2.45, 2.75) is 26.7 Å². The lowest BCUT2D eigenvalue weighted by Crippen LogP contribution is -2.30. The summed E-state index contributed by atoms with van der Waals surface area (Å²) in [6, 6.07) is 3.44. The topological polar surface area (TPSA) is 72.1 Å². The number of aromatic nitrogens is 3. The van der Waals surface area contributed by atoms with Gasteiger partial charge in [-0.05, 0) is 44.7 Å². The summed E-state index contributed by atoms with van der Waals surface area (Å²) < 4.78 is 33.0. The zero-order chi connectivity index (χ0) is 20.5. The Bertz CT molecular complexity index is 1010. The van der Waals surface area contributed by atoms with Crippen LogP contribution in [0.1, 0.15) is 33.9 Å². The third-order valence-corrected chi connectivity index (χ3v) is 5.24. The molecular formula is C21H20F2N4O2. The maximum atomic E-state index is 13.9. The second-order valence-electron chi connectivity index (χ2n) is 7.30. The summed E-state index contributed by atoms with van der Waals surface area (Å²) in [7, 11) is 0. The summed E-state index contributed by atoms with van der Waals surface area (Å²) in [6.07, 6.45) is 4.78. The lowest BCUT2D eigenvalue weighted by Gasteiger charge is -2.17. The van der Waals surface area contributed by atoms with Gasteiger partial charge in [0.1, 0.15) is 23.0 Å². The molecule has 1 aromatic carbocycles. The van der Waals surface area contributed by atoms with Crippen LogP contribution in [0.4, 0.5) is 8.78 Å². The predicted molar refractivity (Wildman–Crippen MR) is 101 cm³/mol. The minimum Gasteiger partial charge on any atom is -0.361 e. The van der Waals surface area contributed by atoms with E-state index in [4.69, 9.17) is 4.52 Å². The van der Waals surface area contributed by atoms with E-state index in [1.54, 1.807) is 12.4 Å². The number of nitrogens with zero attached hydrogens (tertiary/aromatic N) is 4. The number of carbonyl (C=O) groups is 1. The molecule has 0 bridgehead atoms. The Morgan fingerprint density at radius 1 is 1.21 bits per heavy atom. The number of aryl methyl sites for hydroxylation is 2. The van der Waals surface area contributed by atoms with Gasteiger partial charge >= 0.3 is 0 Å². The number of amides is 1. The van der Waals surface area contributed by atoms with Gasteiger partial charge in [-0.1, -0.05) is 11.2 Å². The van der Waals surface area contributed by atoms with E-state index in [1.165, 1.54) is 11.0 Å². The first-order valence-electron chi connectivity index (χ1n) is 9.41. The molecule has 1 saturated heterocycles. The number of hydrogen-bond acceptors (Lipinski definition) is 5. The van der Waals surface area contributed by atoms with Crippen LogP contribution in [-0.4, -0.2) is 39.0 Å². The Kier molecular flexibility index (Phi) is 5.08. The lowest BCUT2D eigenvalue weighted by atomic mass is 10.0. The second-order valence-corrected chi connectivity index (χ2v) is 7.30. The van der Waals surface area contributed by atoms with Crippen molar-refractivity contribution in [1.82, 2.24) is 20.0 Å². The molecule has 8 heteroatoms. The van der Waals surface area contributed by atoms with Crippen molar-refractivity contribution < 1.29 is 18.1 Å². The molecule has 1 aliphatic rings. The monoisotopic (exact) mass is 398 g/mol. The largest absolute Gasteiger partial charge is 0.361 e. The molecule has 1 unspecified atom stereocenters. The molecule has 3 aromatic rings. The van der Waals surface area contributed by atoms with Crippen molar-refractivity contribution in [3.05, 3.63) is 64.9 Å². The SMILES string of the molecule is Cc1noc(C)c1-c1cnc(CC2CCN(C(=O)c3c(F)cccc3F)C2)cn1. The van der Waals surface area contributed by atoms with E-state index in [0.717, 1.165) is 35.5 Å². The summed E-state index contributed by atoms with van der Waals surface area (Å²) >= 11 is 0. The van der Waals surface area contributed by atoms with Crippen LogP contribution in [0, 0.1) is 31.4 Å². The Labute approximate surface area is 166 Å². The summed E-state index contributed by atoms with van der Waals surface area (Å²) in [5.74, 6) is -1.43. The quantitative estimate of drug-likeness (QED) is 0.670. The zero-order valence-corrected chi connectivity index (χ0v) is 16.2. The first kappa shape index (κ1) is 19.2. The number of benzene rings is 1. The van der Waals surface area contributed by atoms with Crippen molar-refractivity contribution in [3.8, 4) is 11.3 Å². The van der Waals surface area contributed by atoms with Crippen LogP contribution in [0.15, 0.2) is 35.1 Å². The molecule has 4 rings (SSSR count). The molecule has 1 aliphatic heterocycles. The summed E-state index contributed by atoms with van der Waals surface area (Å²) in [6.45, 7) is 4.57. The lowest BCUT2D eigenvalue weighted by molar-refractivity contribution is 0.0777. The maximum Gasteiger partial charge on any atom is 0.259 e. The van der Waals surface area contributed by atoms with Crippen molar-refractivity contribution in [3.63, 3.8) is 0 Å². The number of carbonyl (C=O) groups excluding carboxylic acids is 1. The zero-order valence-electron chi connectivity index (χ0n) is 16.2. The van der Waals surface area contributed by atoms with Crippen molar-refractivity contribution in [2.75, 3.05) is 13.1 Å². The molecule has 1 fully saturated rings. The van der Waals surface area contributed by atoms with Crippen molar-refractivity contribution in [1.29, 1.82) is 0 Å². The Morgan fingerprint density at radius 3 is 2.59 bits per heavy atom. The molecule has 6 nitrogen and oxygen atoms in total. The predicted octanol–water partition coefficient (Wildman–Crippen LogP) is 3.73. The van der Waals surface area contributed by atoms with Gasteiger partial charge in [0.15, 0.2) is 0 Å². The minimum atomic E-state index is -0.834. The highest BCUT2D eigenvalue weighted by Crippen LogP contribution is 2.26. The second kappa shape index (κ2) is 7.69. The number of halogens is 2. The fraction of sp³-hybridized carbons (Fsp3) is 0.333. The van der Waals surface area contributed by atoms with Crippen LogP contribution in [-0.2, 0) is 6.42 Å². The van der Waals surface area contributed by atoms with Gasteiger partial charge in [-0.2, -0.15) is 0 Å². The van der Waals surface area contributed by atoms with Crippen molar-refractivity contribution >= 4 is 5.91 Å². The van der Waals surface area contributed by atoms with Gasteiger partial charge in [-0.25, -0.2) is 8.78 Å². The minimum absolute atomic E-state index is 0.160. The maximum absolute atomic E-state index is 13.9. The van der Waals surface area contributed by atoms with Crippen LogP contribution < -0.4 is 0 Å². The third kappa shape index (κ3) is 3.74. The Balaban J connectivity index is 1.42. The van der Waals surface area contributed by atoms with Gasteiger partial charge in [0.2, 0.25) is 0 Å². The molecular weight excluding hydrogens is 378 g/mol. The Hall–Kier alpha value is -3.16. The molecule has 0 N–H and O–H groups in total. The van der Waals surface area contributed by atoms with Crippen LogP contribution in [0.3, 0.4) is 0 Å². The molecule has 0 aliphatic carbocycles. The molecule has 29 heavy (non-hydrogen) atoms. The van der Waals surface area contributed by atoms with E-state index in [2.05, 4.69) is 15.1 Å². The van der Waals surface area contributed by atoms with Gasteiger partial charge in [0.05, 0.1) is 28.8 Å². The molecule has 0 spiro atoms. The van der Waals surface area contributed by atoms with E-state index < -0.39 is 23.1 Å². The number of rotatable bonds is 4. The number of likely N-dealkylation sites (tertiary alicyclic amines) is 1. The average Bonchev–Trinajstić information content (AvgIpc) is 3.29. The molecule has 1 amide bonds. The smallest absolute Gasteiger partial charge is 0.259 e. The molecule has 150 valence electrons. The van der Waals surface area contributed by atoms with E-state index in [0.29, 0.717) is 31.0 Å². The van der Waals surface area contributed by atoms with Gasteiger partial charge in [0.25, 0.3) is 5.91 Å². The molecule has 2 aromatic heterocycles. The van der Waals surface area contributed by atoms with Gasteiger partial charge in [-0.3, -0.25) is 14.8 Å². The summed E-state index contributed by atoms with van der Waals surface area (Å²) in [5, 5.41) is 3.93. The van der Waals surface area contributed by atoms with Gasteiger partial charge < -0.3 is 9.42 Å². The highest BCUT2D eigenvalue weighted by molar-refractivity contribution is 5.95.